The van der Waals surface area contributed by atoms with Crippen LogP contribution >= 0.6 is 0 Å². The molecule has 0 amide bonds. The Morgan fingerprint density at radius 3 is 2.22 bits per heavy atom. The van der Waals surface area contributed by atoms with Gasteiger partial charge >= 0.3 is 11.9 Å². The largest absolute Gasteiger partial charge is 0.494 e. The molecule has 37 heavy (non-hydrogen) atoms. The first-order valence-electron chi connectivity index (χ1n) is 12.5. The third-order valence-electron chi connectivity index (χ3n) is 5.73. The molecule has 0 aliphatic heterocycles. The van der Waals surface area contributed by atoms with Gasteiger partial charge in [-0.2, -0.15) is 0 Å². The highest BCUT2D eigenvalue weighted by Crippen LogP contribution is 2.26. The summed E-state index contributed by atoms with van der Waals surface area (Å²) in [5.41, 5.74) is 2.23. The van der Waals surface area contributed by atoms with Gasteiger partial charge < -0.3 is 24.1 Å². The second-order valence-corrected chi connectivity index (χ2v) is 8.70. The van der Waals surface area contributed by atoms with E-state index < -0.39 is 18.2 Å². The van der Waals surface area contributed by atoms with Crippen molar-refractivity contribution < 1.29 is 33.6 Å². The lowest BCUT2D eigenvalue weighted by Crippen LogP contribution is -2.09. The van der Waals surface area contributed by atoms with Crippen molar-refractivity contribution in [3.8, 4) is 5.75 Å². The van der Waals surface area contributed by atoms with Crippen molar-refractivity contribution in [2.24, 2.45) is 0 Å². The van der Waals surface area contributed by atoms with Gasteiger partial charge in [0.1, 0.15) is 17.3 Å². The number of allylic oxidation sites excluding steroid dienone is 4. The number of benzene rings is 2. The molecular weight excluding hydrogens is 472 g/mol. The second kappa shape index (κ2) is 14.7. The summed E-state index contributed by atoms with van der Waals surface area (Å²) in [7, 11) is 0. The molecule has 0 saturated heterocycles. The van der Waals surface area contributed by atoms with Crippen LogP contribution < -0.4 is 4.74 Å². The Morgan fingerprint density at radius 2 is 1.57 bits per heavy atom. The maximum absolute atomic E-state index is 12.5. The molecule has 0 bridgehead atoms. The van der Waals surface area contributed by atoms with Gasteiger partial charge in [-0.05, 0) is 69.0 Å². The molecule has 0 aromatic heterocycles. The molecule has 1 aliphatic rings. The number of ether oxygens (including phenoxy) is 4. The van der Waals surface area contributed by atoms with Crippen LogP contribution in [0.5, 0.6) is 5.75 Å². The average molecular weight is 507 g/mol. The Morgan fingerprint density at radius 1 is 0.919 bits per heavy atom. The zero-order valence-electron chi connectivity index (χ0n) is 21.2. The number of carbonyl (C=O) groups is 2. The number of aliphatic hydroxyl groups excluding tert-OH is 1. The van der Waals surface area contributed by atoms with Crippen molar-refractivity contribution in [3.63, 3.8) is 0 Å². The zero-order valence-corrected chi connectivity index (χ0v) is 21.2. The number of hydrogen-bond donors (Lipinski definition) is 1. The van der Waals surface area contributed by atoms with Crippen molar-refractivity contribution in [2.75, 3.05) is 13.2 Å². The normalized spacial score (nSPS) is 13.6. The molecule has 0 saturated carbocycles. The third-order valence-corrected chi connectivity index (χ3v) is 5.73. The highest BCUT2D eigenvalue weighted by atomic mass is 16.6. The molecule has 2 aromatic carbocycles. The summed E-state index contributed by atoms with van der Waals surface area (Å²) >= 11 is 0. The summed E-state index contributed by atoms with van der Waals surface area (Å²) in [5.74, 6) is 1.03. The molecule has 1 aliphatic carbocycles. The second-order valence-electron chi connectivity index (χ2n) is 8.70. The summed E-state index contributed by atoms with van der Waals surface area (Å²) in [6.45, 7) is 6.31. The Labute approximate surface area is 218 Å². The zero-order chi connectivity index (χ0) is 26.5. The van der Waals surface area contributed by atoms with Gasteiger partial charge in [0.2, 0.25) is 6.29 Å². The Hall–Kier alpha value is -3.84. The van der Waals surface area contributed by atoms with Gasteiger partial charge in [0.15, 0.2) is 0 Å². The van der Waals surface area contributed by atoms with Gasteiger partial charge in [0, 0.05) is 24.5 Å². The SMILES string of the molecule is C=CC(=O)OCCCCCCOc1ccc(C(=O)OC2=CC=C(OC(O)c3ccc(C)cc3)CC2)cc1. The number of carbonyl (C=O) groups excluding carboxylic acids is 2. The quantitative estimate of drug-likeness (QED) is 0.143. The molecule has 7 nitrogen and oxygen atoms in total. The summed E-state index contributed by atoms with van der Waals surface area (Å²) < 4.78 is 21.8. The van der Waals surface area contributed by atoms with Crippen LogP contribution in [0.3, 0.4) is 0 Å². The molecule has 3 rings (SSSR count). The number of aliphatic hydroxyl groups is 1. The fourth-order valence-corrected chi connectivity index (χ4v) is 3.57. The highest BCUT2D eigenvalue weighted by Gasteiger charge is 2.17. The first kappa shape index (κ1) is 27.7. The number of unbranched alkanes of at least 4 members (excludes halogenated alkanes) is 3. The molecule has 0 fully saturated rings. The highest BCUT2D eigenvalue weighted by molar-refractivity contribution is 5.90. The molecule has 1 N–H and O–H groups in total. The van der Waals surface area contributed by atoms with E-state index in [0.717, 1.165) is 37.3 Å². The van der Waals surface area contributed by atoms with Crippen LogP contribution in [0.25, 0.3) is 0 Å². The van der Waals surface area contributed by atoms with Crippen molar-refractivity contribution in [2.45, 2.75) is 51.7 Å². The predicted molar refractivity (Wildman–Crippen MR) is 140 cm³/mol. The van der Waals surface area contributed by atoms with Crippen LogP contribution in [0.15, 0.2) is 84.9 Å². The molecule has 7 heteroatoms. The summed E-state index contributed by atoms with van der Waals surface area (Å²) in [5, 5.41) is 10.3. The van der Waals surface area contributed by atoms with E-state index in [2.05, 4.69) is 6.58 Å². The molecular formula is C30H34O7. The van der Waals surface area contributed by atoms with E-state index in [1.807, 2.05) is 31.2 Å². The van der Waals surface area contributed by atoms with E-state index in [-0.39, 0.29) is 0 Å². The van der Waals surface area contributed by atoms with Crippen molar-refractivity contribution >= 4 is 11.9 Å². The molecule has 2 aromatic rings. The lowest BCUT2D eigenvalue weighted by molar-refractivity contribution is -0.137. The van der Waals surface area contributed by atoms with E-state index >= 15 is 0 Å². The van der Waals surface area contributed by atoms with E-state index in [1.54, 1.807) is 36.4 Å². The molecule has 0 spiro atoms. The van der Waals surface area contributed by atoms with Crippen LogP contribution in [0, 0.1) is 6.92 Å². The molecule has 196 valence electrons. The molecule has 0 radical (unpaired) electrons. The predicted octanol–water partition coefficient (Wildman–Crippen LogP) is 6.09. The minimum absolute atomic E-state index is 0.392. The molecule has 1 unspecified atom stereocenters. The van der Waals surface area contributed by atoms with E-state index in [9.17, 15) is 14.7 Å². The minimum atomic E-state index is -1.04. The average Bonchev–Trinajstić information content (AvgIpc) is 2.91. The van der Waals surface area contributed by atoms with Gasteiger partial charge in [-0.25, -0.2) is 9.59 Å². The van der Waals surface area contributed by atoms with Crippen molar-refractivity contribution in [1.29, 1.82) is 0 Å². The van der Waals surface area contributed by atoms with Crippen LogP contribution in [0.1, 0.15) is 66.3 Å². The Kier molecular flexibility index (Phi) is 11.0. The standard InChI is InChI=1S/C30H34O7/c1-3-28(31)35-21-7-5-4-6-20-34-25-14-12-24(13-15-25)30(33)37-27-18-16-26(17-19-27)36-29(32)23-10-8-22(2)9-11-23/h3,8-16,18,29,32H,1,4-7,17,19-21H2,2H3. The van der Waals surface area contributed by atoms with Gasteiger partial charge in [0.05, 0.1) is 18.8 Å². The van der Waals surface area contributed by atoms with Crippen LogP contribution in [-0.2, 0) is 19.0 Å². The van der Waals surface area contributed by atoms with E-state index in [0.29, 0.717) is 54.5 Å². The van der Waals surface area contributed by atoms with Gasteiger partial charge in [-0.15, -0.1) is 0 Å². The summed E-state index contributed by atoms with van der Waals surface area (Å²) in [6, 6.07) is 14.4. The number of rotatable bonds is 14. The molecule has 1 atom stereocenters. The number of hydrogen-bond acceptors (Lipinski definition) is 7. The van der Waals surface area contributed by atoms with E-state index in [1.165, 1.54) is 0 Å². The fraction of sp³-hybridized carbons (Fsp3) is 0.333. The topological polar surface area (TPSA) is 91.3 Å². The van der Waals surface area contributed by atoms with Gasteiger partial charge in [0.25, 0.3) is 0 Å². The third kappa shape index (κ3) is 9.61. The summed E-state index contributed by atoms with van der Waals surface area (Å²) in [6.07, 6.45) is 8.16. The lowest BCUT2D eigenvalue weighted by Gasteiger charge is -2.19. The minimum Gasteiger partial charge on any atom is -0.494 e. The Balaban J connectivity index is 1.36. The maximum atomic E-state index is 12.5. The van der Waals surface area contributed by atoms with Gasteiger partial charge in [-0.3, -0.25) is 0 Å². The fourth-order valence-electron chi connectivity index (χ4n) is 3.57. The van der Waals surface area contributed by atoms with Crippen molar-refractivity contribution in [1.82, 2.24) is 0 Å². The summed E-state index contributed by atoms with van der Waals surface area (Å²) in [4.78, 5) is 23.5. The molecule has 0 heterocycles. The smallest absolute Gasteiger partial charge is 0.343 e. The van der Waals surface area contributed by atoms with Crippen molar-refractivity contribution in [3.05, 3.63) is 102 Å². The van der Waals surface area contributed by atoms with Crippen LogP contribution in [0.2, 0.25) is 0 Å². The maximum Gasteiger partial charge on any atom is 0.343 e. The Bertz CT molecular complexity index is 1100. The van der Waals surface area contributed by atoms with Gasteiger partial charge in [-0.1, -0.05) is 36.4 Å². The number of aryl methyl sites for hydroxylation is 1. The first-order chi connectivity index (χ1) is 17.9. The first-order valence-corrected chi connectivity index (χ1v) is 12.5. The van der Waals surface area contributed by atoms with E-state index in [4.69, 9.17) is 18.9 Å². The lowest BCUT2D eigenvalue weighted by atomic mass is 10.1. The van der Waals surface area contributed by atoms with Crippen LogP contribution in [-0.4, -0.2) is 30.3 Å². The number of esters is 2. The van der Waals surface area contributed by atoms with Crippen LogP contribution in [0.4, 0.5) is 0 Å². The monoisotopic (exact) mass is 506 g/mol.